The van der Waals surface area contributed by atoms with E-state index in [9.17, 15) is 26.7 Å². The molecule has 0 fully saturated rings. The number of hydrogen-bond acceptors (Lipinski definition) is 2. The molecule has 1 aromatic rings. The maximum Gasteiger partial charge on any atom is 0.435 e. The summed E-state index contributed by atoms with van der Waals surface area (Å²) in [6, 6.07) is 0. The van der Waals surface area contributed by atoms with Gasteiger partial charge < -0.3 is 0 Å². The van der Waals surface area contributed by atoms with Crippen molar-refractivity contribution in [2.45, 2.75) is 12.6 Å². The molecule has 1 rings (SSSR count). The van der Waals surface area contributed by atoms with Crippen LogP contribution in [0.4, 0.5) is 22.0 Å². The number of carbonyl (C=O) groups excluding carboxylic acids is 1. The Hall–Kier alpha value is -1.47. The number of Topliss-reactive ketones (excluding diaryl/α,β-unsaturated/α-hetero) is 1. The molecule has 1 aromatic heterocycles. The number of aryl methyl sites for hydroxylation is 1. The topological polar surface area (TPSA) is 34.9 Å². The number of carbonyl (C=O) groups is 1. The molecule has 1 heterocycles. The van der Waals surface area contributed by atoms with Gasteiger partial charge in [-0.25, -0.2) is 8.78 Å². The van der Waals surface area contributed by atoms with Gasteiger partial charge in [0.15, 0.2) is 5.69 Å². The van der Waals surface area contributed by atoms with E-state index >= 15 is 0 Å². The minimum absolute atomic E-state index is 0.622. The Labute approximate surface area is 80.5 Å². The number of nitrogens with zero attached hydrogens (tertiary/aromatic N) is 2. The average molecular weight is 228 g/mol. The van der Waals surface area contributed by atoms with Crippen LogP contribution in [-0.2, 0) is 13.2 Å². The third kappa shape index (κ3) is 2.31. The van der Waals surface area contributed by atoms with E-state index < -0.39 is 29.6 Å². The third-order valence-electron chi connectivity index (χ3n) is 1.56. The fraction of sp³-hybridized carbons (Fsp3) is 0.429. The highest BCUT2D eigenvalue weighted by molar-refractivity contribution is 5.99. The van der Waals surface area contributed by atoms with Crippen molar-refractivity contribution in [2.24, 2.45) is 7.05 Å². The van der Waals surface area contributed by atoms with Gasteiger partial charge in [-0.3, -0.25) is 9.48 Å². The summed E-state index contributed by atoms with van der Waals surface area (Å²) in [4.78, 5) is 10.7. The second-order valence-electron chi connectivity index (χ2n) is 2.73. The van der Waals surface area contributed by atoms with Gasteiger partial charge in [0, 0.05) is 13.2 Å². The van der Waals surface area contributed by atoms with Crippen LogP contribution >= 0.6 is 0 Å². The standard InChI is InChI=1S/C7H5F5N2O/c1-14-2-3(4(15)6(8)9)5(13-14)7(10,11)12/h2,6H,1H3. The molecule has 0 N–H and O–H groups in total. The van der Waals surface area contributed by atoms with Crippen molar-refractivity contribution in [1.29, 1.82) is 0 Å². The lowest BCUT2D eigenvalue weighted by atomic mass is 10.1. The molecule has 0 bridgehead atoms. The number of alkyl halides is 5. The van der Waals surface area contributed by atoms with Gasteiger partial charge in [-0.05, 0) is 0 Å². The Bertz CT molecular complexity index is 381. The number of halogens is 5. The van der Waals surface area contributed by atoms with E-state index in [1.807, 2.05) is 0 Å². The predicted molar refractivity (Wildman–Crippen MR) is 38.5 cm³/mol. The van der Waals surface area contributed by atoms with E-state index in [1.165, 1.54) is 0 Å². The van der Waals surface area contributed by atoms with Crippen LogP contribution < -0.4 is 0 Å². The van der Waals surface area contributed by atoms with Gasteiger partial charge in [0.05, 0.1) is 5.56 Å². The summed E-state index contributed by atoms with van der Waals surface area (Å²) >= 11 is 0. The van der Waals surface area contributed by atoms with Crippen LogP contribution in [0.15, 0.2) is 6.20 Å². The van der Waals surface area contributed by atoms with Crippen LogP contribution in [0.5, 0.6) is 0 Å². The minimum atomic E-state index is -4.92. The van der Waals surface area contributed by atoms with E-state index in [-0.39, 0.29) is 0 Å². The molecular weight excluding hydrogens is 223 g/mol. The van der Waals surface area contributed by atoms with Gasteiger partial charge in [0.25, 0.3) is 0 Å². The van der Waals surface area contributed by atoms with Crippen LogP contribution in [0.2, 0.25) is 0 Å². The third-order valence-corrected chi connectivity index (χ3v) is 1.56. The van der Waals surface area contributed by atoms with E-state index in [2.05, 4.69) is 5.10 Å². The van der Waals surface area contributed by atoms with E-state index in [0.717, 1.165) is 7.05 Å². The Balaban J connectivity index is 3.24. The molecule has 0 aliphatic carbocycles. The summed E-state index contributed by atoms with van der Waals surface area (Å²) < 4.78 is 61.2. The first-order valence-corrected chi connectivity index (χ1v) is 3.66. The van der Waals surface area contributed by atoms with Crippen LogP contribution in [0.25, 0.3) is 0 Å². The molecule has 0 spiro atoms. The molecule has 0 saturated heterocycles. The highest BCUT2D eigenvalue weighted by Gasteiger charge is 2.40. The SMILES string of the molecule is Cn1cc(C(=O)C(F)F)c(C(F)(F)F)n1. The molecule has 0 saturated carbocycles. The Morgan fingerprint density at radius 2 is 2.00 bits per heavy atom. The molecule has 8 heteroatoms. The van der Waals surface area contributed by atoms with Crippen molar-refractivity contribution in [1.82, 2.24) is 9.78 Å². The molecule has 3 nitrogen and oxygen atoms in total. The molecule has 0 aliphatic rings. The van der Waals surface area contributed by atoms with Crippen molar-refractivity contribution in [3.63, 3.8) is 0 Å². The molecule has 84 valence electrons. The van der Waals surface area contributed by atoms with Gasteiger partial charge in [0.2, 0.25) is 5.78 Å². The summed E-state index contributed by atoms with van der Waals surface area (Å²) in [5.74, 6) is -1.88. The number of rotatable bonds is 2. The quantitative estimate of drug-likeness (QED) is 0.572. The Kier molecular flexibility index (Phi) is 2.78. The fourth-order valence-corrected chi connectivity index (χ4v) is 0.996. The summed E-state index contributed by atoms with van der Waals surface area (Å²) in [7, 11) is 1.11. The van der Waals surface area contributed by atoms with Crippen molar-refractivity contribution >= 4 is 5.78 Å². The van der Waals surface area contributed by atoms with Gasteiger partial charge in [0.1, 0.15) is 0 Å². The minimum Gasteiger partial charge on any atom is -0.288 e. The van der Waals surface area contributed by atoms with Crippen molar-refractivity contribution in [3.8, 4) is 0 Å². The first kappa shape index (κ1) is 11.6. The molecule has 0 aliphatic heterocycles. The number of ketones is 1. The second kappa shape index (κ2) is 3.59. The van der Waals surface area contributed by atoms with Crippen LogP contribution in [0.1, 0.15) is 16.1 Å². The highest BCUT2D eigenvalue weighted by atomic mass is 19.4. The highest BCUT2D eigenvalue weighted by Crippen LogP contribution is 2.31. The van der Waals surface area contributed by atoms with E-state index in [1.54, 1.807) is 0 Å². The Morgan fingerprint density at radius 1 is 1.47 bits per heavy atom. The summed E-state index contributed by atoms with van der Waals surface area (Å²) in [5, 5.41) is 2.92. The average Bonchev–Trinajstić information content (AvgIpc) is 2.44. The zero-order valence-electron chi connectivity index (χ0n) is 7.35. The smallest absolute Gasteiger partial charge is 0.288 e. The normalized spacial score (nSPS) is 12.2. The molecule has 15 heavy (non-hydrogen) atoms. The maximum absolute atomic E-state index is 12.2. The molecular formula is C7H5F5N2O. The largest absolute Gasteiger partial charge is 0.435 e. The van der Waals surface area contributed by atoms with Crippen molar-refractivity contribution < 1.29 is 26.7 Å². The monoisotopic (exact) mass is 228 g/mol. The fourth-order valence-electron chi connectivity index (χ4n) is 0.996. The molecule has 0 radical (unpaired) electrons. The lowest BCUT2D eigenvalue weighted by Gasteiger charge is -2.04. The molecule has 0 atom stereocenters. The van der Waals surface area contributed by atoms with E-state index in [0.29, 0.717) is 10.9 Å². The predicted octanol–water partition coefficient (Wildman–Crippen LogP) is 1.89. The first-order valence-electron chi connectivity index (χ1n) is 3.66. The van der Waals surface area contributed by atoms with Gasteiger partial charge in [-0.15, -0.1) is 0 Å². The van der Waals surface area contributed by atoms with Gasteiger partial charge in [-0.2, -0.15) is 18.3 Å². The number of hydrogen-bond donors (Lipinski definition) is 0. The lowest BCUT2D eigenvalue weighted by Crippen LogP contribution is -2.16. The Morgan fingerprint density at radius 3 is 2.40 bits per heavy atom. The zero-order chi connectivity index (χ0) is 11.8. The number of aromatic nitrogens is 2. The van der Waals surface area contributed by atoms with Crippen LogP contribution in [0, 0.1) is 0 Å². The zero-order valence-corrected chi connectivity index (χ0v) is 7.35. The van der Waals surface area contributed by atoms with Crippen molar-refractivity contribution in [3.05, 3.63) is 17.5 Å². The molecule has 0 aromatic carbocycles. The van der Waals surface area contributed by atoms with Crippen LogP contribution in [0.3, 0.4) is 0 Å². The summed E-state index contributed by atoms with van der Waals surface area (Å²) in [6.45, 7) is 0. The molecule has 0 unspecified atom stereocenters. The summed E-state index contributed by atoms with van der Waals surface area (Å²) in [6.07, 6.45) is -7.77. The lowest BCUT2D eigenvalue weighted by molar-refractivity contribution is -0.141. The van der Waals surface area contributed by atoms with Crippen LogP contribution in [-0.4, -0.2) is 22.0 Å². The van der Waals surface area contributed by atoms with Crippen molar-refractivity contribution in [2.75, 3.05) is 0 Å². The second-order valence-corrected chi connectivity index (χ2v) is 2.73. The van der Waals surface area contributed by atoms with Gasteiger partial charge in [-0.1, -0.05) is 0 Å². The molecule has 0 amide bonds. The summed E-state index contributed by atoms with van der Waals surface area (Å²) in [5.41, 5.74) is -2.70. The van der Waals surface area contributed by atoms with Gasteiger partial charge >= 0.3 is 12.6 Å². The first-order chi connectivity index (χ1) is 6.73. The maximum atomic E-state index is 12.2. The van der Waals surface area contributed by atoms with E-state index in [4.69, 9.17) is 0 Å².